The lowest BCUT2D eigenvalue weighted by Gasteiger charge is -2.14. The van der Waals surface area contributed by atoms with Crippen LogP contribution in [0.5, 0.6) is 0 Å². The van der Waals surface area contributed by atoms with E-state index in [1.54, 1.807) is 32.2 Å². The molecule has 1 rings (SSSR count). The largest absolute Gasteiger partial charge is 0.343 e. The molecule has 1 amide bonds. The van der Waals surface area contributed by atoms with Crippen molar-refractivity contribution in [2.24, 2.45) is 0 Å². The SMILES string of the molecule is CC(C)OC(C#N)NC(=O)c1cccnc1. The fraction of sp³-hybridized carbons (Fsp3) is 0.364. The third kappa shape index (κ3) is 3.67. The number of amides is 1. The van der Waals surface area contributed by atoms with Gasteiger partial charge in [0.05, 0.1) is 11.7 Å². The summed E-state index contributed by atoms with van der Waals surface area (Å²) in [5, 5.41) is 11.2. The Morgan fingerprint density at radius 3 is 2.88 bits per heavy atom. The van der Waals surface area contributed by atoms with Gasteiger partial charge in [-0.25, -0.2) is 0 Å². The van der Waals surface area contributed by atoms with Crippen LogP contribution in [0, 0.1) is 11.3 Å². The Bertz CT molecular complexity index is 384. The minimum atomic E-state index is -0.937. The highest BCUT2D eigenvalue weighted by atomic mass is 16.5. The van der Waals surface area contributed by atoms with Crippen molar-refractivity contribution in [3.8, 4) is 6.07 Å². The highest BCUT2D eigenvalue weighted by Gasteiger charge is 2.14. The fourth-order valence-corrected chi connectivity index (χ4v) is 1.07. The lowest BCUT2D eigenvalue weighted by Crippen LogP contribution is -2.37. The van der Waals surface area contributed by atoms with Crippen LogP contribution in [0.4, 0.5) is 0 Å². The van der Waals surface area contributed by atoms with E-state index in [0.29, 0.717) is 5.56 Å². The maximum atomic E-state index is 11.6. The molecular formula is C11H13N3O2. The first-order chi connectivity index (χ1) is 7.63. The summed E-state index contributed by atoms with van der Waals surface area (Å²) >= 11 is 0. The topological polar surface area (TPSA) is 75.0 Å². The molecule has 0 saturated heterocycles. The second-order valence-corrected chi connectivity index (χ2v) is 3.41. The third-order valence-corrected chi connectivity index (χ3v) is 1.71. The molecule has 0 fully saturated rings. The molecule has 84 valence electrons. The Morgan fingerprint density at radius 2 is 2.38 bits per heavy atom. The normalized spacial score (nSPS) is 11.9. The van der Waals surface area contributed by atoms with Crippen molar-refractivity contribution in [3.63, 3.8) is 0 Å². The van der Waals surface area contributed by atoms with E-state index in [0.717, 1.165) is 0 Å². The molecule has 0 aliphatic heterocycles. The van der Waals surface area contributed by atoms with E-state index < -0.39 is 6.23 Å². The first-order valence-corrected chi connectivity index (χ1v) is 4.89. The van der Waals surface area contributed by atoms with E-state index in [2.05, 4.69) is 10.3 Å². The zero-order valence-corrected chi connectivity index (χ0v) is 9.18. The van der Waals surface area contributed by atoms with Crippen molar-refractivity contribution in [3.05, 3.63) is 30.1 Å². The molecule has 1 atom stereocenters. The molecule has 0 spiro atoms. The number of rotatable bonds is 4. The first kappa shape index (κ1) is 12.1. The van der Waals surface area contributed by atoms with Gasteiger partial charge in [-0.1, -0.05) is 0 Å². The van der Waals surface area contributed by atoms with Gasteiger partial charge >= 0.3 is 0 Å². The number of carbonyl (C=O) groups is 1. The van der Waals surface area contributed by atoms with E-state index in [9.17, 15) is 4.79 Å². The zero-order chi connectivity index (χ0) is 12.0. The Hall–Kier alpha value is -1.93. The number of hydrogen-bond donors (Lipinski definition) is 1. The number of aromatic nitrogens is 1. The molecule has 0 aromatic carbocycles. The number of nitrogens with zero attached hydrogens (tertiary/aromatic N) is 2. The fourth-order valence-electron chi connectivity index (χ4n) is 1.07. The molecule has 0 aliphatic carbocycles. The van der Waals surface area contributed by atoms with E-state index in [4.69, 9.17) is 10.00 Å². The third-order valence-electron chi connectivity index (χ3n) is 1.71. The van der Waals surface area contributed by atoms with E-state index in [1.165, 1.54) is 6.20 Å². The van der Waals surface area contributed by atoms with Gasteiger partial charge in [-0.15, -0.1) is 0 Å². The standard InChI is InChI=1S/C11H13N3O2/c1-8(2)16-10(6-12)14-11(15)9-4-3-5-13-7-9/h3-5,7-8,10H,1-2H3,(H,14,15). The Labute approximate surface area is 94.1 Å². The van der Waals surface area contributed by atoms with Crippen LogP contribution in [0.25, 0.3) is 0 Å². The number of ether oxygens (including phenoxy) is 1. The van der Waals surface area contributed by atoms with Crippen LogP contribution in [-0.2, 0) is 4.74 Å². The van der Waals surface area contributed by atoms with Crippen molar-refractivity contribution in [1.82, 2.24) is 10.3 Å². The van der Waals surface area contributed by atoms with E-state index in [1.807, 2.05) is 6.07 Å². The minimum absolute atomic E-state index is 0.126. The summed E-state index contributed by atoms with van der Waals surface area (Å²) in [5.41, 5.74) is 0.398. The van der Waals surface area contributed by atoms with Gasteiger partial charge in [-0.05, 0) is 26.0 Å². The van der Waals surface area contributed by atoms with Crippen molar-refractivity contribution in [1.29, 1.82) is 5.26 Å². The van der Waals surface area contributed by atoms with Crippen molar-refractivity contribution < 1.29 is 9.53 Å². The Kier molecular flexibility index (Phi) is 4.42. The number of nitrogens with one attached hydrogen (secondary N) is 1. The maximum Gasteiger partial charge on any atom is 0.255 e. The lowest BCUT2D eigenvalue weighted by atomic mass is 10.2. The van der Waals surface area contributed by atoms with Crippen molar-refractivity contribution in [2.45, 2.75) is 26.2 Å². The first-order valence-electron chi connectivity index (χ1n) is 4.89. The molecule has 0 radical (unpaired) electrons. The van der Waals surface area contributed by atoms with E-state index >= 15 is 0 Å². The zero-order valence-electron chi connectivity index (χ0n) is 9.18. The van der Waals surface area contributed by atoms with Gasteiger partial charge in [0.15, 0.2) is 0 Å². The highest BCUT2D eigenvalue weighted by Crippen LogP contribution is 1.99. The molecule has 0 saturated carbocycles. The molecule has 1 aromatic rings. The Balaban J connectivity index is 2.60. The van der Waals surface area contributed by atoms with Crippen LogP contribution >= 0.6 is 0 Å². The molecule has 1 heterocycles. The van der Waals surface area contributed by atoms with Gasteiger partial charge in [-0.2, -0.15) is 5.26 Å². The summed E-state index contributed by atoms with van der Waals surface area (Å²) in [6.07, 6.45) is 1.94. The molecule has 1 unspecified atom stereocenters. The van der Waals surface area contributed by atoms with Gasteiger partial charge in [0.1, 0.15) is 6.07 Å². The molecule has 5 nitrogen and oxygen atoms in total. The van der Waals surface area contributed by atoms with Gasteiger partial charge in [0.25, 0.3) is 5.91 Å². The predicted molar refractivity (Wildman–Crippen MR) is 57.3 cm³/mol. The molecular weight excluding hydrogens is 206 g/mol. The number of hydrogen-bond acceptors (Lipinski definition) is 4. The molecule has 16 heavy (non-hydrogen) atoms. The lowest BCUT2D eigenvalue weighted by molar-refractivity contribution is 0.0209. The Morgan fingerprint density at radius 1 is 1.62 bits per heavy atom. The average molecular weight is 219 g/mol. The van der Waals surface area contributed by atoms with Gasteiger partial charge in [0.2, 0.25) is 6.23 Å². The predicted octanol–water partition coefficient (Wildman–Crippen LogP) is 1.09. The smallest absolute Gasteiger partial charge is 0.255 e. The van der Waals surface area contributed by atoms with E-state index in [-0.39, 0.29) is 12.0 Å². The number of nitriles is 1. The summed E-state index contributed by atoms with van der Waals surface area (Å²) in [6, 6.07) is 5.13. The minimum Gasteiger partial charge on any atom is -0.343 e. The van der Waals surface area contributed by atoms with Crippen molar-refractivity contribution in [2.75, 3.05) is 0 Å². The van der Waals surface area contributed by atoms with Crippen LogP contribution in [0.1, 0.15) is 24.2 Å². The highest BCUT2D eigenvalue weighted by molar-refractivity contribution is 5.94. The van der Waals surface area contributed by atoms with Crippen LogP contribution in [0.2, 0.25) is 0 Å². The molecule has 0 aliphatic rings. The van der Waals surface area contributed by atoms with Crippen LogP contribution in [-0.4, -0.2) is 23.2 Å². The number of carbonyl (C=O) groups excluding carboxylic acids is 1. The quantitative estimate of drug-likeness (QED) is 0.769. The van der Waals surface area contributed by atoms with Crippen LogP contribution < -0.4 is 5.32 Å². The summed E-state index contributed by atoms with van der Waals surface area (Å²) in [4.78, 5) is 15.4. The van der Waals surface area contributed by atoms with Crippen molar-refractivity contribution >= 4 is 5.91 Å². The summed E-state index contributed by atoms with van der Waals surface area (Å²) in [6.45, 7) is 3.58. The van der Waals surface area contributed by atoms with Gasteiger partial charge in [0, 0.05) is 12.4 Å². The maximum absolute atomic E-state index is 11.6. The average Bonchev–Trinajstić information content (AvgIpc) is 2.28. The monoisotopic (exact) mass is 219 g/mol. The second kappa shape index (κ2) is 5.83. The molecule has 5 heteroatoms. The van der Waals surface area contributed by atoms with Crippen LogP contribution in [0.15, 0.2) is 24.5 Å². The molecule has 1 N–H and O–H groups in total. The summed E-state index contributed by atoms with van der Waals surface area (Å²) in [7, 11) is 0. The summed E-state index contributed by atoms with van der Waals surface area (Å²) in [5.74, 6) is -0.375. The summed E-state index contributed by atoms with van der Waals surface area (Å²) < 4.78 is 5.18. The second-order valence-electron chi connectivity index (χ2n) is 3.41. The number of pyridine rings is 1. The van der Waals surface area contributed by atoms with Gasteiger partial charge in [-0.3, -0.25) is 9.78 Å². The molecule has 0 bridgehead atoms. The van der Waals surface area contributed by atoms with Crippen LogP contribution in [0.3, 0.4) is 0 Å². The van der Waals surface area contributed by atoms with Gasteiger partial charge < -0.3 is 10.1 Å². The molecule has 1 aromatic heterocycles.